The van der Waals surface area contributed by atoms with Gasteiger partial charge in [0.25, 0.3) is 0 Å². The normalized spacial score (nSPS) is 16.6. The average Bonchev–Trinajstić information content (AvgIpc) is 3.50. The van der Waals surface area contributed by atoms with Crippen LogP contribution in [0.4, 0.5) is 0 Å². The fourth-order valence-electron chi connectivity index (χ4n) is 4.32. The summed E-state index contributed by atoms with van der Waals surface area (Å²) in [6, 6.07) is 28.4. The van der Waals surface area contributed by atoms with E-state index in [2.05, 4.69) is 72.8 Å². The quantitative estimate of drug-likeness (QED) is 0.373. The SMILES string of the molecule is c1ccc2c(c1)Cc1c(-c3ccc4c(OCC5CO5)cccc4c3)cccc1-2. The molecular weight excluding hydrogens is 344 g/mol. The lowest BCUT2D eigenvalue weighted by Gasteiger charge is -2.12. The molecule has 0 radical (unpaired) electrons. The van der Waals surface area contributed by atoms with E-state index in [1.54, 1.807) is 0 Å². The lowest BCUT2D eigenvalue weighted by atomic mass is 9.94. The Hall–Kier alpha value is -3.10. The molecule has 0 amide bonds. The minimum atomic E-state index is 0.267. The van der Waals surface area contributed by atoms with E-state index < -0.39 is 0 Å². The van der Waals surface area contributed by atoms with Crippen LogP contribution in [0, 0.1) is 0 Å². The highest BCUT2D eigenvalue weighted by Gasteiger charge is 2.24. The predicted molar refractivity (Wildman–Crippen MR) is 113 cm³/mol. The van der Waals surface area contributed by atoms with Gasteiger partial charge in [0.15, 0.2) is 0 Å². The van der Waals surface area contributed by atoms with Crippen molar-refractivity contribution in [3.05, 3.63) is 90.0 Å². The molecule has 2 aliphatic rings. The summed E-state index contributed by atoms with van der Waals surface area (Å²) in [5.74, 6) is 0.935. The number of fused-ring (bicyclic) bond motifs is 4. The fourth-order valence-corrected chi connectivity index (χ4v) is 4.32. The number of ether oxygens (including phenoxy) is 2. The highest BCUT2D eigenvalue weighted by Crippen LogP contribution is 2.42. The maximum absolute atomic E-state index is 5.98. The molecular formula is C26H20O2. The molecule has 0 saturated carbocycles. The lowest BCUT2D eigenvalue weighted by Crippen LogP contribution is -2.04. The highest BCUT2D eigenvalue weighted by atomic mass is 16.6. The minimum Gasteiger partial charge on any atom is -0.490 e. The first-order chi connectivity index (χ1) is 13.9. The Bertz CT molecular complexity index is 1200. The van der Waals surface area contributed by atoms with Gasteiger partial charge in [-0.05, 0) is 57.3 Å². The van der Waals surface area contributed by atoms with Crippen molar-refractivity contribution in [2.45, 2.75) is 12.5 Å². The molecule has 1 aliphatic heterocycles. The van der Waals surface area contributed by atoms with Crippen LogP contribution in [0.5, 0.6) is 5.75 Å². The summed E-state index contributed by atoms with van der Waals surface area (Å²) in [5.41, 5.74) is 8.19. The average molecular weight is 364 g/mol. The van der Waals surface area contributed by atoms with E-state index in [1.807, 2.05) is 6.07 Å². The number of hydrogen-bond acceptors (Lipinski definition) is 2. The van der Waals surface area contributed by atoms with E-state index in [0.29, 0.717) is 6.61 Å². The summed E-state index contributed by atoms with van der Waals surface area (Å²) >= 11 is 0. The topological polar surface area (TPSA) is 21.8 Å². The summed E-state index contributed by atoms with van der Waals surface area (Å²) in [7, 11) is 0. The third-order valence-electron chi connectivity index (χ3n) is 5.83. The first kappa shape index (κ1) is 15.9. The van der Waals surface area contributed by atoms with Crippen LogP contribution >= 0.6 is 0 Å². The molecule has 6 rings (SSSR count). The molecule has 1 atom stereocenters. The monoisotopic (exact) mass is 364 g/mol. The Morgan fingerprint density at radius 2 is 1.64 bits per heavy atom. The minimum absolute atomic E-state index is 0.267. The van der Waals surface area contributed by atoms with Crippen LogP contribution in [0.25, 0.3) is 33.0 Å². The standard InChI is InChI=1S/C26H20O2/c1-2-7-21-18(5-1)14-25-22(8-4-9-24(21)25)19-11-12-23-17(13-19)6-3-10-26(23)28-16-20-15-27-20/h1-13,20H,14-16H2. The first-order valence-electron chi connectivity index (χ1n) is 9.84. The van der Waals surface area contributed by atoms with Crippen molar-refractivity contribution in [3.63, 3.8) is 0 Å². The van der Waals surface area contributed by atoms with Crippen molar-refractivity contribution in [2.24, 2.45) is 0 Å². The summed E-state index contributed by atoms with van der Waals surface area (Å²) in [6.45, 7) is 1.45. The van der Waals surface area contributed by atoms with Crippen LogP contribution in [0.1, 0.15) is 11.1 Å². The highest BCUT2D eigenvalue weighted by molar-refractivity contribution is 5.93. The molecule has 1 unspecified atom stereocenters. The molecule has 1 saturated heterocycles. The summed E-state index contributed by atoms with van der Waals surface area (Å²) in [6.07, 6.45) is 1.27. The number of hydrogen-bond donors (Lipinski definition) is 0. The van der Waals surface area contributed by atoms with Crippen LogP contribution in [-0.2, 0) is 11.2 Å². The zero-order valence-electron chi connectivity index (χ0n) is 15.5. The summed E-state index contributed by atoms with van der Waals surface area (Å²) < 4.78 is 11.2. The second-order valence-electron chi connectivity index (χ2n) is 7.62. The maximum Gasteiger partial charge on any atom is 0.127 e. The molecule has 136 valence electrons. The van der Waals surface area contributed by atoms with Gasteiger partial charge in [0.2, 0.25) is 0 Å². The van der Waals surface area contributed by atoms with Gasteiger partial charge < -0.3 is 9.47 Å². The molecule has 0 N–H and O–H groups in total. The van der Waals surface area contributed by atoms with Crippen LogP contribution in [0.3, 0.4) is 0 Å². The number of rotatable bonds is 4. The van der Waals surface area contributed by atoms with E-state index in [9.17, 15) is 0 Å². The number of benzene rings is 4. The van der Waals surface area contributed by atoms with Crippen LogP contribution in [0.15, 0.2) is 78.9 Å². The molecule has 4 aromatic carbocycles. The van der Waals surface area contributed by atoms with Gasteiger partial charge in [-0.2, -0.15) is 0 Å². The van der Waals surface area contributed by atoms with Gasteiger partial charge in [0.1, 0.15) is 18.5 Å². The maximum atomic E-state index is 5.98. The van der Waals surface area contributed by atoms with E-state index in [0.717, 1.165) is 24.2 Å². The Labute approximate surface area is 164 Å². The number of epoxide rings is 1. The van der Waals surface area contributed by atoms with Crippen molar-refractivity contribution in [3.8, 4) is 28.0 Å². The molecule has 1 aliphatic carbocycles. The van der Waals surface area contributed by atoms with Gasteiger partial charge in [-0.15, -0.1) is 0 Å². The van der Waals surface area contributed by atoms with Gasteiger partial charge in [-0.1, -0.05) is 66.7 Å². The molecule has 0 spiro atoms. The third kappa shape index (κ3) is 2.61. The van der Waals surface area contributed by atoms with Gasteiger partial charge in [-0.25, -0.2) is 0 Å². The molecule has 1 fully saturated rings. The zero-order chi connectivity index (χ0) is 18.5. The summed E-state index contributed by atoms with van der Waals surface area (Å²) in [5, 5.41) is 2.36. The van der Waals surface area contributed by atoms with Gasteiger partial charge in [0, 0.05) is 5.39 Å². The van der Waals surface area contributed by atoms with Crippen molar-refractivity contribution in [2.75, 3.05) is 13.2 Å². The van der Waals surface area contributed by atoms with Gasteiger partial charge in [0.05, 0.1) is 6.61 Å². The van der Waals surface area contributed by atoms with E-state index in [1.165, 1.54) is 38.8 Å². The Kier molecular flexibility index (Phi) is 3.53. The summed E-state index contributed by atoms with van der Waals surface area (Å²) in [4.78, 5) is 0. The van der Waals surface area contributed by atoms with Crippen molar-refractivity contribution in [1.29, 1.82) is 0 Å². The predicted octanol–water partition coefficient (Wildman–Crippen LogP) is 5.86. The van der Waals surface area contributed by atoms with Gasteiger partial charge in [-0.3, -0.25) is 0 Å². The zero-order valence-corrected chi connectivity index (χ0v) is 15.5. The smallest absolute Gasteiger partial charge is 0.127 e. The van der Waals surface area contributed by atoms with E-state index in [-0.39, 0.29) is 6.10 Å². The molecule has 2 nitrogen and oxygen atoms in total. The fraction of sp³-hybridized carbons (Fsp3) is 0.154. The van der Waals surface area contributed by atoms with Crippen LogP contribution in [0.2, 0.25) is 0 Å². The second kappa shape index (κ2) is 6.22. The molecule has 4 aromatic rings. The third-order valence-corrected chi connectivity index (χ3v) is 5.83. The van der Waals surface area contributed by atoms with Gasteiger partial charge >= 0.3 is 0 Å². The Balaban J connectivity index is 1.42. The molecule has 0 bridgehead atoms. The molecule has 2 heteroatoms. The molecule has 28 heavy (non-hydrogen) atoms. The van der Waals surface area contributed by atoms with Crippen LogP contribution in [-0.4, -0.2) is 19.3 Å². The Morgan fingerprint density at radius 1 is 0.821 bits per heavy atom. The Morgan fingerprint density at radius 3 is 2.57 bits per heavy atom. The lowest BCUT2D eigenvalue weighted by molar-refractivity contribution is 0.265. The van der Waals surface area contributed by atoms with Crippen LogP contribution < -0.4 is 4.74 Å². The van der Waals surface area contributed by atoms with E-state index in [4.69, 9.17) is 9.47 Å². The van der Waals surface area contributed by atoms with Crippen molar-refractivity contribution >= 4 is 10.8 Å². The van der Waals surface area contributed by atoms with E-state index >= 15 is 0 Å². The largest absolute Gasteiger partial charge is 0.490 e. The van der Waals surface area contributed by atoms with Crippen molar-refractivity contribution < 1.29 is 9.47 Å². The molecule has 0 aromatic heterocycles. The van der Waals surface area contributed by atoms with Crippen molar-refractivity contribution in [1.82, 2.24) is 0 Å². The second-order valence-corrected chi connectivity index (χ2v) is 7.62. The molecule has 1 heterocycles. The first-order valence-corrected chi connectivity index (χ1v) is 9.84.